The van der Waals surface area contributed by atoms with Gasteiger partial charge in [-0.1, -0.05) is 12.1 Å². The molecular formula is C14H15N3O2. The third kappa shape index (κ3) is 2.70. The van der Waals surface area contributed by atoms with Crippen LogP contribution in [0.15, 0.2) is 45.0 Å². The predicted molar refractivity (Wildman–Crippen MR) is 75.4 cm³/mol. The molecule has 0 radical (unpaired) electrons. The molecule has 2 aromatic rings. The Morgan fingerprint density at radius 2 is 1.95 bits per heavy atom. The Morgan fingerprint density at radius 1 is 1.21 bits per heavy atom. The van der Waals surface area contributed by atoms with E-state index in [2.05, 4.69) is 4.99 Å². The van der Waals surface area contributed by atoms with Crippen LogP contribution in [0.25, 0.3) is 0 Å². The number of rotatable bonds is 2. The van der Waals surface area contributed by atoms with Crippen LogP contribution in [0.5, 0.6) is 0 Å². The van der Waals surface area contributed by atoms with Crippen molar-refractivity contribution < 1.29 is 0 Å². The molecule has 2 rings (SSSR count). The average Bonchev–Trinajstić information content (AvgIpc) is 2.39. The van der Waals surface area contributed by atoms with E-state index in [0.29, 0.717) is 5.56 Å². The lowest BCUT2D eigenvalue weighted by Crippen LogP contribution is -2.38. The van der Waals surface area contributed by atoms with Crippen molar-refractivity contribution in [2.75, 3.05) is 0 Å². The number of hydrogen-bond donors (Lipinski definition) is 0. The highest BCUT2D eigenvalue weighted by atomic mass is 16.2. The second-order valence-electron chi connectivity index (χ2n) is 4.44. The molecule has 0 unspecified atom stereocenters. The van der Waals surface area contributed by atoms with Crippen molar-refractivity contribution in [3.05, 3.63) is 62.4 Å². The number of aromatic nitrogens is 2. The fourth-order valence-electron chi connectivity index (χ4n) is 1.78. The quantitative estimate of drug-likeness (QED) is 0.758. The first-order valence-electron chi connectivity index (χ1n) is 5.86. The van der Waals surface area contributed by atoms with Crippen LogP contribution in [0.2, 0.25) is 0 Å². The zero-order chi connectivity index (χ0) is 14.0. The minimum atomic E-state index is -0.349. The summed E-state index contributed by atoms with van der Waals surface area (Å²) in [6, 6.07) is 7.66. The summed E-state index contributed by atoms with van der Waals surface area (Å²) in [5, 5.41) is 0. The maximum absolute atomic E-state index is 11.9. The summed E-state index contributed by atoms with van der Waals surface area (Å²) in [5.74, 6) is 0. The van der Waals surface area contributed by atoms with Crippen molar-refractivity contribution >= 4 is 11.9 Å². The Bertz CT molecular complexity index is 754. The predicted octanol–water partition coefficient (Wildman–Crippen LogP) is 1.14. The number of nitrogens with zero attached hydrogens (tertiary/aromatic N) is 3. The number of benzene rings is 1. The first kappa shape index (κ1) is 13.0. The lowest BCUT2D eigenvalue weighted by atomic mass is 10.2. The minimum Gasteiger partial charge on any atom is -0.303 e. The van der Waals surface area contributed by atoms with Gasteiger partial charge in [-0.2, -0.15) is 0 Å². The molecule has 0 bridgehead atoms. The van der Waals surface area contributed by atoms with Gasteiger partial charge in [-0.3, -0.25) is 14.4 Å². The third-order valence-electron chi connectivity index (χ3n) is 2.83. The van der Waals surface area contributed by atoms with Crippen LogP contribution in [0.3, 0.4) is 0 Å². The second kappa shape index (κ2) is 5.06. The molecule has 1 aromatic heterocycles. The van der Waals surface area contributed by atoms with E-state index in [0.717, 1.165) is 15.8 Å². The van der Waals surface area contributed by atoms with E-state index < -0.39 is 0 Å². The molecule has 0 N–H and O–H groups in total. The Balaban J connectivity index is 2.45. The maximum atomic E-state index is 11.9. The van der Waals surface area contributed by atoms with E-state index >= 15 is 0 Å². The maximum Gasteiger partial charge on any atom is 0.330 e. The first-order chi connectivity index (χ1) is 8.99. The Hall–Kier alpha value is -2.43. The molecule has 0 aliphatic rings. The fourth-order valence-corrected chi connectivity index (χ4v) is 1.78. The summed E-state index contributed by atoms with van der Waals surface area (Å²) in [7, 11) is 3.06. The highest BCUT2D eigenvalue weighted by Gasteiger charge is 2.04. The molecule has 5 heteroatoms. The average molecular weight is 257 g/mol. The Morgan fingerprint density at radius 3 is 2.63 bits per heavy atom. The largest absolute Gasteiger partial charge is 0.330 e. The topological polar surface area (TPSA) is 56.4 Å². The van der Waals surface area contributed by atoms with Crippen molar-refractivity contribution in [3.63, 3.8) is 0 Å². The molecule has 19 heavy (non-hydrogen) atoms. The highest BCUT2D eigenvalue weighted by molar-refractivity contribution is 5.81. The summed E-state index contributed by atoms with van der Waals surface area (Å²) in [4.78, 5) is 27.7. The van der Waals surface area contributed by atoms with Gasteiger partial charge in [0.05, 0.1) is 11.3 Å². The zero-order valence-electron chi connectivity index (χ0n) is 11.1. The van der Waals surface area contributed by atoms with Crippen molar-refractivity contribution in [1.82, 2.24) is 9.13 Å². The molecule has 0 amide bonds. The molecule has 0 fully saturated rings. The normalized spacial score (nSPS) is 11.1. The molecule has 1 heterocycles. The van der Waals surface area contributed by atoms with Gasteiger partial charge in [0.1, 0.15) is 0 Å². The van der Waals surface area contributed by atoms with Gasteiger partial charge in [0, 0.05) is 26.5 Å². The van der Waals surface area contributed by atoms with E-state index in [4.69, 9.17) is 0 Å². The highest BCUT2D eigenvalue weighted by Crippen LogP contribution is 2.12. The van der Waals surface area contributed by atoms with Gasteiger partial charge in [-0.25, -0.2) is 4.79 Å². The number of aliphatic imine (C=N–C) groups is 1. The van der Waals surface area contributed by atoms with Crippen LogP contribution in [-0.2, 0) is 14.1 Å². The van der Waals surface area contributed by atoms with Gasteiger partial charge < -0.3 is 4.57 Å². The van der Waals surface area contributed by atoms with Crippen LogP contribution >= 0.6 is 0 Å². The van der Waals surface area contributed by atoms with Crippen molar-refractivity contribution in [3.8, 4) is 0 Å². The summed E-state index contributed by atoms with van der Waals surface area (Å²) in [6.07, 6.45) is 2.97. The Kier molecular flexibility index (Phi) is 3.46. The van der Waals surface area contributed by atoms with E-state index in [-0.39, 0.29) is 11.2 Å². The van der Waals surface area contributed by atoms with Crippen LogP contribution in [0.1, 0.15) is 11.1 Å². The second-order valence-corrected chi connectivity index (χ2v) is 4.44. The van der Waals surface area contributed by atoms with E-state index in [1.807, 2.05) is 31.2 Å². The third-order valence-corrected chi connectivity index (χ3v) is 2.83. The number of aryl methyl sites for hydroxylation is 2. The van der Waals surface area contributed by atoms with Crippen molar-refractivity contribution in [2.24, 2.45) is 19.1 Å². The summed E-state index contributed by atoms with van der Waals surface area (Å²) in [6.45, 7) is 1.98. The van der Waals surface area contributed by atoms with Gasteiger partial charge in [0.15, 0.2) is 0 Å². The summed E-state index contributed by atoms with van der Waals surface area (Å²) in [5.41, 5.74) is 1.56. The molecule has 0 spiro atoms. The SMILES string of the molecule is Cc1cccc(N=Cc2cn(C)c(=O)n(C)c2=O)c1. The number of hydrogen-bond acceptors (Lipinski definition) is 3. The standard InChI is InChI=1S/C14H15N3O2/c1-10-5-4-6-12(7-10)15-8-11-9-16(2)14(19)17(3)13(11)18/h4-9H,1-3H3. The molecule has 5 nitrogen and oxygen atoms in total. The molecule has 98 valence electrons. The van der Waals surface area contributed by atoms with E-state index in [9.17, 15) is 9.59 Å². The van der Waals surface area contributed by atoms with Gasteiger partial charge in [0.2, 0.25) is 0 Å². The smallest absolute Gasteiger partial charge is 0.303 e. The molecule has 0 aliphatic carbocycles. The fraction of sp³-hybridized carbons (Fsp3) is 0.214. The van der Waals surface area contributed by atoms with Crippen molar-refractivity contribution in [2.45, 2.75) is 6.92 Å². The van der Waals surface area contributed by atoms with Crippen LogP contribution in [0, 0.1) is 6.92 Å². The van der Waals surface area contributed by atoms with E-state index in [1.54, 1.807) is 7.05 Å². The lowest BCUT2D eigenvalue weighted by Gasteiger charge is -2.02. The molecule has 0 atom stereocenters. The molecule has 0 aliphatic heterocycles. The van der Waals surface area contributed by atoms with E-state index in [1.165, 1.54) is 24.0 Å². The molecule has 0 saturated heterocycles. The van der Waals surface area contributed by atoms with Gasteiger partial charge in [-0.15, -0.1) is 0 Å². The van der Waals surface area contributed by atoms with Crippen LogP contribution < -0.4 is 11.2 Å². The lowest BCUT2D eigenvalue weighted by molar-refractivity contribution is 0.684. The summed E-state index contributed by atoms with van der Waals surface area (Å²) < 4.78 is 2.43. The molecular weight excluding hydrogens is 242 g/mol. The zero-order valence-corrected chi connectivity index (χ0v) is 11.1. The van der Waals surface area contributed by atoms with Gasteiger partial charge >= 0.3 is 5.69 Å². The van der Waals surface area contributed by atoms with Crippen LogP contribution in [0.4, 0.5) is 5.69 Å². The van der Waals surface area contributed by atoms with Crippen LogP contribution in [-0.4, -0.2) is 15.3 Å². The van der Waals surface area contributed by atoms with Crippen molar-refractivity contribution in [1.29, 1.82) is 0 Å². The molecule has 0 saturated carbocycles. The molecule has 1 aromatic carbocycles. The Labute approximate surface area is 110 Å². The summed E-state index contributed by atoms with van der Waals surface area (Å²) >= 11 is 0. The van der Waals surface area contributed by atoms with Gasteiger partial charge in [0.25, 0.3) is 5.56 Å². The van der Waals surface area contributed by atoms with Gasteiger partial charge in [-0.05, 0) is 24.6 Å². The first-order valence-corrected chi connectivity index (χ1v) is 5.86. The monoisotopic (exact) mass is 257 g/mol. The minimum absolute atomic E-state index is 0.348.